The Morgan fingerprint density at radius 3 is 2.73 bits per heavy atom. The molecule has 1 aliphatic rings. The van der Waals surface area contributed by atoms with Crippen LogP contribution in [0.3, 0.4) is 0 Å². The number of hydrogen-bond acceptors (Lipinski definition) is 6. The first-order chi connectivity index (χ1) is 14.4. The molecule has 0 saturated carbocycles. The van der Waals surface area contributed by atoms with Crippen LogP contribution in [-0.4, -0.2) is 37.5 Å². The number of carbonyl (C=O) groups excluding carboxylic acids is 3. The third kappa shape index (κ3) is 5.82. The molecule has 0 spiro atoms. The van der Waals surface area contributed by atoms with E-state index in [1.807, 2.05) is 31.2 Å². The molecule has 3 rings (SSSR count). The topological polar surface area (TPSA) is 93.7 Å². The van der Waals surface area contributed by atoms with Crippen LogP contribution in [-0.2, 0) is 27.2 Å². The summed E-state index contributed by atoms with van der Waals surface area (Å²) < 4.78 is 10.8. The Bertz CT molecular complexity index is 938. The molecule has 1 aliphatic carbocycles. The molecular weight excluding hydrogens is 404 g/mol. The lowest BCUT2D eigenvalue weighted by atomic mass is 9.95. The Morgan fingerprint density at radius 2 is 1.97 bits per heavy atom. The fourth-order valence-corrected chi connectivity index (χ4v) is 4.67. The molecule has 0 fully saturated rings. The number of rotatable bonds is 8. The van der Waals surface area contributed by atoms with Gasteiger partial charge in [0.15, 0.2) is 6.61 Å². The summed E-state index contributed by atoms with van der Waals surface area (Å²) in [5, 5.41) is 5.90. The minimum atomic E-state index is -0.579. The number of ether oxygens (including phenoxy) is 2. The van der Waals surface area contributed by atoms with Crippen molar-refractivity contribution in [2.45, 2.75) is 39.5 Å². The van der Waals surface area contributed by atoms with Crippen molar-refractivity contribution in [3.8, 4) is 5.75 Å². The maximum Gasteiger partial charge on any atom is 0.341 e. The van der Waals surface area contributed by atoms with E-state index in [0.717, 1.165) is 47.4 Å². The first-order valence-electron chi connectivity index (χ1n) is 9.99. The Kier molecular flexibility index (Phi) is 7.46. The van der Waals surface area contributed by atoms with Crippen molar-refractivity contribution in [3.63, 3.8) is 0 Å². The molecule has 1 aromatic heterocycles. The number of thiophene rings is 1. The summed E-state index contributed by atoms with van der Waals surface area (Å²) in [5.41, 5.74) is 2.42. The van der Waals surface area contributed by atoms with Gasteiger partial charge in [0.2, 0.25) is 5.91 Å². The molecule has 160 valence electrons. The quantitative estimate of drug-likeness (QED) is 0.495. The Hall–Kier alpha value is -2.87. The zero-order chi connectivity index (χ0) is 21.5. The maximum atomic E-state index is 12.7. The standard InChI is InChI=1S/C22H26N2O5S/c1-14-6-5-7-16(12-14)28-11-10-23-19(26)13-29-22(27)20-17-8-3-4-9-18(17)30-21(20)24-15(2)25/h5-7,12H,3-4,8-11,13H2,1-2H3,(H,23,26)(H,24,25). The largest absolute Gasteiger partial charge is 0.492 e. The van der Waals surface area contributed by atoms with Crippen LogP contribution in [0.25, 0.3) is 0 Å². The summed E-state index contributed by atoms with van der Waals surface area (Å²) in [5.74, 6) is -0.483. The van der Waals surface area contributed by atoms with Crippen molar-refractivity contribution >= 4 is 34.1 Å². The lowest BCUT2D eigenvalue weighted by Crippen LogP contribution is -2.32. The predicted molar refractivity (Wildman–Crippen MR) is 115 cm³/mol. The number of anilines is 1. The molecule has 0 unspecified atom stereocenters. The normalized spacial score (nSPS) is 12.6. The maximum absolute atomic E-state index is 12.7. The number of esters is 1. The van der Waals surface area contributed by atoms with E-state index in [0.29, 0.717) is 23.7 Å². The molecule has 8 heteroatoms. The smallest absolute Gasteiger partial charge is 0.341 e. The number of aryl methyl sites for hydroxylation is 2. The fraction of sp³-hybridized carbons (Fsp3) is 0.409. The van der Waals surface area contributed by atoms with Crippen LogP contribution in [0.1, 0.15) is 46.1 Å². The summed E-state index contributed by atoms with van der Waals surface area (Å²) >= 11 is 1.42. The molecule has 0 saturated heterocycles. The monoisotopic (exact) mass is 430 g/mol. The molecular formula is C22H26N2O5S. The SMILES string of the molecule is CC(=O)Nc1sc2c(c1C(=O)OCC(=O)NCCOc1cccc(C)c1)CCCC2. The van der Waals surface area contributed by atoms with Gasteiger partial charge in [0.05, 0.1) is 12.1 Å². The van der Waals surface area contributed by atoms with Crippen molar-refractivity contribution in [2.75, 3.05) is 25.1 Å². The summed E-state index contributed by atoms with van der Waals surface area (Å²) in [6, 6.07) is 7.65. The number of nitrogens with one attached hydrogen (secondary N) is 2. The van der Waals surface area contributed by atoms with Gasteiger partial charge in [-0.15, -0.1) is 11.3 Å². The van der Waals surface area contributed by atoms with Gasteiger partial charge in [-0.05, 0) is 55.9 Å². The second-order valence-electron chi connectivity index (χ2n) is 7.19. The van der Waals surface area contributed by atoms with Crippen molar-refractivity contribution in [1.82, 2.24) is 5.32 Å². The second kappa shape index (κ2) is 10.2. The van der Waals surface area contributed by atoms with E-state index in [4.69, 9.17) is 9.47 Å². The van der Waals surface area contributed by atoms with Crippen LogP contribution in [0, 0.1) is 6.92 Å². The zero-order valence-electron chi connectivity index (χ0n) is 17.2. The van der Waals surface area contributed by atoms with Crippen molar-refractivity contribution < 1.29 is 23.9 Å². The van der Waals surface area contributed by atoms with E-state index >= 15 is 0 Å². The highest BCUT2D eigenvalue weighted by molar-refractivity contribution is 7.17. The van der Waals surface area contributed by atoms with E-state index in [2.05, 4.69) is 10.6 Å². The fourth-order valence-electron chi connectivity index (χ4n) is 3.35. The Labute approximate surface area is 179 Å². The molecule has 0 atom stereocenters. The number of fused-ring (bicyclic) bond motifs is 1. The summed E-state index contributed by atoms with van der Waals surface area (Å²) in [6.07, 6.45) is 3.72. The molecule has 0 radical (unpaired) electrons. The molecule has 1 heterocycles. The van der Waals surface area contributed by atoms with E-state index in [-0.39, 0.29) is 12.5 Å². The third-order valence-electron chi connectivity index (χ3n) is 4.68. The summed E-state index contributed by atoms with van der Waals surface area (Å²) in [7, 11) is 0. The van der Waals surface area contributed by atoms with Gasteiger partial charge in [0.1, 0.15) is 17.4 Å². The van der Waals surface area contributed by atoms with Gasteiger partial charge < -0.3 is 20.1 Å². The van der Waals surface area contributed by atoms with Gasteiger partial charge >= 0.3 is 5.97 Å². The van der Waals surface area contributed by atoms with Gasteiger partial charge in [-0.25, -0.2) is 4.79 Å². The lowest BCUT2D eigenvalue weighted by Gasteiger charge is -2.13. The number of hydrogen-bond donors (Lipinski definition) is 2. The third-order valence-corrected chi connectivity index (χ3v) is 5.89. The van der Waals surface area contributed by atoms with Gasteiger partial charge in [-0.3, -0.25) is 9.59 Å². The van der Waals surface area contributed by atoms with E-state index < -0.39 is 11.9 Å². The molecule has 2 amide bonds. The van der Waals surface area contributed by atoms with Gasteiger partial charge in [-0.2, -0.15) is 0 Å². The average molecular weight is 431 g/mol. The molecule has 0 aliphatic heterocycles. The van der Waals surface area contributed by atoms with E-state index in [1.165, 1.54) is 18.3 Å². The number of amides is 2. The van der Waals surface area contributed by atoms with Crippen LogP contribution in [0.4, 0.5) is 5.00 Å². The molecule has 7 nitrogen and oxygen atoms in total. The highest BCUT2D eigenvalue weighted by atomic mass is 32.1. The first kappa shape index (κ1) is 21.8. The highest BCUT2D eigenvalue weighted by Gasteiger charge is 2.27. The van der Waals surface area contributed by atoms with Crippen LogP contribution in [0.2, 0.25) is 0 Å². The predicted octanol–water partition coefficient (Wildman–Crippen LogP) is 3.25. The zero-order valence-corrected chi connectivity index (χ0v) is 18.0. The number of carbonyl (C=O) groups is 3. The molecule has 2 N–H and O–H groups in total. The Balaban J connectivity index is 1.49. The van der Waals surface area contributed by atoms with Crippen molar-refractivity contribution in [3.05, 3.63) is 45.8 Å². The summed E-state index contributed by atoms with van der Waals surface area (Å²) in [6.45, 7) is 3.61. The van der Waals surface area contributed by atoms with Crippen molar-refractivity contribution in [2.24, 2.45) is 0 Å². The molecule has 30 heavy (non-hydrogen) atoms. The molecule has 1 aromatic carbocycles. The van der Waals surface area contributed by atoms with E-state index in [9.17, 15) is 14.4 Å². The van der Waals surface area contributed by atoms with Gasteiger partial charge in [0, 0.05) is 11.8 Å². The van der Waals surface area contributed by atoms with Crippen LogP contribution in [0.15, 0.2) is 24.3 Å². The first-order valence-corrected chi connectivity index (χ1v) is 10.8. The highest BCUT2D eigenvalue weighted by Crippen LogP contribution is 2.38. The minimum absolute atomic E-state index is 0.242. The van der Waals surface area contributed by atoms with Crippen molar-refractivity contribution in [1.29, 1.82) is 0 Å². The lowest BCUT2D eigenvalue weighted by molar-refractivity contribution is -0.124. The van der Waals surface area contributed by atoms with Gasteiger partial charge in [0.25, 0.3) is 5.91 Å². The van der Waals surface area contributed by atoms with Gasteiger partial charge in [-0.1, -0.05) is 12.1 Å². The second-order valence-corrected chi connectivity index (χ2v) is 8.29. The molecule has 0 bridgehead atoms. The van der Waals surface area contributed by atoms with Crippen LogP contribution >= 0.6 is 11.3 Å². The average Bonchev–Trinajstić information content (AvgIpc) is 3.06. The Morgan fingerprint density at radius 1 is 1.17 bits per heavy atom. The van der Waals surface area contributed by atoms with Crippen LogP contribution < -0.4 is 15.4 Å². The van der Waals surface area contributed by atoms with E-state index in [1.54, 1.807) is 0 Å². The minimum Gasteiger partial charge on any atom is -0.492 e. The van der Waals surface area contributed by atoms with Crippen LogP contribution in [0.5, 0.6) is 5.75 Å². The summed E-state index contributed by atoms with van der Waals surface area (Å²) in [4.78, 5) is 37.3. The molecule has 2 aromatic rings. The number of benzene rings is 1.